The minimum atomic E-state index is -0.396. The van der Waals surface area contributed by atoms with Gasteiger partial charge in [-0.2, -0.15) is 0 Å². The molecule has 142 valence electrons. The molecule has 2 heterocycles. The van der Waals surface area contributed by atoms with E-state index in [9.17, 15) is 14.0 Å². The maximum absolute atomic E-state index is 13.2. The SMILES string of the molecule is CCNC(=O)C1=CN(C(=O)c2ccc(F)cc2)CCc2c1[nH]c1ccccc21. The van der Waals surface area contributed by atoms with Crippen molar-refractivity contribution in [3.05, 3.63) is 77.4 Å². The second kappa shape index (κ2) is 7.31. The molecule has 0 aliphatic carbocycles. The van der Waals surface area contributed by atoms with Crippen LogP contribution in [0.5, 0.6) is 0 Å². The first-order chi connectivity index (χ1) is 13.6. The first-order valence-electron chi connectivity index (χ1n) is 9.25. The summed E-state index contributed by atoms with van der Waals surface area (Å²) in [5.41, 5.74) is 3.51. The number of aromatic nitrogens is 1. The lowest BCUT2D eigenvalue weighted by Gasteiger charge is -2.18. The van der Waals surface area contributed by atoms with Gasteiger partial charge in [-0.1, -0.05) is 18.2 Å². The second-order valence-corrected chi connectivity index (χ2v) is 6.68. The molecule has 0 saturated carbocycles. The average Bonchev–Trinajstić information content (AvgIpc) is 2.96. The summed E-state index contributed by atoms with van der Waals surface area (Å²) in [6, 6.07) is 13.3. The smallest absolute Gasteiger partial charge is 0.257 e. The van der Waals surface area contributed by atoms with Crippen molar-refractivity contribution >= 4 is 28.3 Å². The fraction of sp³-hybridized carbons (Fsp3) is 0.182. The molecule has 28 heavy (non-hydrogen) atoms. The Bertz CT molecular complexity index is 1080. The summed E-state index contributed by atoms with van der Waals surface area (Å²) in [5.74, 6) is -0.905. The third kappa shape index (κ3) is 3.17. The largest absolute Gasteiger partial charge is 0.354 e. The van der Waals surface area contributed by atoms with Gasteiger partial charge in [-0.05, 0) is 49.2 Å². The number of fused-ring (bicyclic) bond motifs is 3. The van der Waals surface area contributed by atoms with Gasteiger partial charge in [-0.25, -0.2) is 4.39 Å². The van der Waals surface area contributed by atoms with Crippen LogP contribution in [0, 0.1) is 5.82 Å². The number of hydrogen-bond donors (Lipinski definition) is 2. The Morgan fingerprint density at radius 2 is 1.89 bits per heavy atom. The van der Waals surface area contributed by atoms with Crippen LogP contribution >= 0.6 is 0 Å². The van der Waals surface area contributed by atoms with E-state index < -0.39 is 5.82 Å². The standard InChI is InChI=1S/C22H20FN3O2/c1-2-24-21(27)18-13-26(22(28)14-7-9-15(23)10-8-14)12-11-17-16-5-3-4-6-19(16)25-20(17)18/h3-10,13,25H,2,11-12H2,1H3,(H,24,27). The number of rotatable bonds is 3. The Morgan fingerprint density at radius 3 is 2.64 bits per heavy atom. The highest BCUT2D eigenvalue weighted by molar-refractivity contribution is 6.21. The molecule has 0 fully saturated rings. The molecule has 6 heteroatoms. The normalized spacial score (nSPS) is 13.6. The van der Waals surface area contributed by atoms with Crippen molar-refractivity contribution in [1.82, 2.24) is 15.2 Å². The number of H-pyrrole nitrogens is 1. The van der Waals surface area contributed by atoms with E-state index in [1.165, 1.54) is 29.2 Å². The average molecular weight is 377 g/mol. The lowest BCUT2D eigenvalue weighted by Crippen LogP contribution is -2.29. The van der Waals surface area contributed by atoms with E-state index in [0.29, 0.717) is 30.6 Å². The molecule has 3 aromatic rings. The Kier molecular flexibility index (Phi) is 4.69. The predicted molar refractivity (Wildman–Crippen MR) is 106 cm³/mol. The van der Waals surface area contributed by atoms with E-state index in [-0.39, 0.29) is 11.8 Å². The molecule has 1 aliphatic heterocycles. The Balaban J connectivity index is 1.79. The second-order valence-electron chi connectivity index (χ2n) is 6.68. The summed E-state index contributed by atoms with van der Waals surface area (Å²) < 4.78 is 13.2. The number of hydrogen-bond acceptors (Lipinski definition) is 2. The minimum Gasteiger partial charge on any atom is -0.354 e. The van der Waals surface area contributed by atoms with Gasteiger partial charge in [0, 0.05) is 35.8 Å². The van der Waals surface area contributed by atoms with Gasteiger partial charge in [0.2, 0.25) is 0 Å². The summed E-state index contributed by atoms with van der Waals surface area (Å²) in [4.78, 5) is 30.6. The first-order valence-corrected chi connectivity index (χ1v) is 9.25. The van der Waals surface area contributed by atoms with Crippen molar-refractivity contribution in [3.63, 3.8) is 0 Å². The van der Waals surface area contributed by atoms with E-state index >= 15 is 0 Å². The molecule has 2 aromatic carbocycles. The van der Waals surface area contributed by atoms with Crippen molar-refractivity contribution in [2.45, 2.75) is 13.3 Å². The molecule has 0 bridgehead atoms. The third-order valence-corrected chi connectivity index (χ3v) is 4.90. The van der Waals surface area contributed by atoms with Gasteiger partial charge >= 0.3 is 0 Å². The maximum Gasteiger partial charge on any atom is 0.257 e. The predicted octanol–water partition coefficient (Wildman–Crippen LogP) is 3.48. The van der Waals surface area contributed by atoms with Crippen LogP contribution in [0.1, 0.15) is 28.5 Å². The fourth-order valence-electron chi connectivity index (χ4n) is 3.55. The third-order valence-electron chi connectivity index (χ3n) is 4.90. The molecule has 0 unspecified atom stereocenters. The van der Waals surface area contributed by atoms with E-state index in [1.54, 1.807) is 6.20 Å². The van der Waals surface area contributed by atoms with Crippen molar-refractivity contribution in [3.8, 4) is 0 Å². The molecule has 4 rings (SSSR count). The molecule has 1 aromatic heterocycles. The molecule has 2 N–H and O–H groups in total. The van der Waals surface area contributed by atoms with Gasteiger partial charge in [0.05, 0.1) is 11.3 Å². The summed E-state index contributed by atoms with van der Waals surface area (Å²) in [5, 5.41) is 3.87. The minimum absolute atomic E-state index is 0.242. The fourth-order valence-corrected chi connectivity index (χ4v) is 3.55. The lowest BCUT2D eigenvalue weighted by atomic mass is 10.0. The summed E-state index contributed by atoms with van der Waals surface area (Å²) in [7, 11) is 0. The van der Waals surface area contributed by atoms with Crippen molar-refractivity contribution < 1.29 is 14.0 Å². The number of halogens is 1. The van der Waals surface area contributed by atoms with E-state index in [4.69, 9.17) is 0 Å². The molecule has 1 aliphatic rings. The molecule has 5 nitrogen and oxygen atoms in total. The number of carbonyl (C=O) groups excluding carboxylic acids is 2. The highest BCUT2D eigenvalue weighted by Crippen LogP contribution is 2.31. The molecular formula is C22H20FN3O2. The van der Waals surface area contributed by atoms with Crippen molar-refractivity contribution in [2.24, 2.45) is 0 Å². The molecule has 2 amide bonds. The molecule has 0 saturated heterocycles. The zero-order valence-corrected chi connectivity index (χ0v) is 15.5. The lowest BCUT2D eigenvalue weighted by molar-refractivity contribution is -0.115. The van der Waals surface area contributed by atoms with Crippen LogP contribution < -0.4 is 5.32 Å². The van der Waals surface area contributed by atoms with Crippen molar-refractivity contribution in [1.29, 1.82) is 0 Å². The zero-order chi connectivity index (χ0) is 19.7. The van der Waals surface area contributed by atoms with Gasteiger partial charge in [0.25, 0.3) is 11.8 Å². The number of amides is 2. The molecule has 0 radical (unpaired) electrons. The number of nitrogens with one attached hydrogen (secondary N) is 2. The number of benzene rings is 2. The molecule has 0 atom stereocenters. The number of likely N-dealkylation sites (N-methyl/N-ethyl adjacent to an activating group) is 1. The quantitative estimate of drug-likeness (QED) is 0.734. The zero-order valence-electron chi connectivity index (χ0n) is 15.5. The van der Waals surface area contributed by atoms with Crippen molar-refractivity contribution in [2.75, 3.05) is 13.1 Å². The van der Waals surface area contributed by atoms with Crippen LogP contribution in [-0.2, 0) is 11.2 Å². The van der Waals surface area contributed by atoms with E-state index in [0.717, 1.165) is 22.2 Å². The summed E-state index contributed by atoms with van der Waals surface area (Å²) in [6.07, 6.45) is 2.20. The topological polar surface area (TPSA) is 65.2 Å². The van der Waals surface area contributed by atoms with Crippen LogP contribution in [0.2, 0.25) is 0 Å². The van der Waals surface area contributed by atoms with Crippen LogP contribution in [0.15, 0.2) is 54.7 Å². The maximum atomic E-state index is 13.2. The van der Waals surface area contributed by atoms with Crippen LogP contribution in [0.3, 0.4) is 0 Å². The number of aromatic amines is 1. The van der Waals surface area contributed by atoms with Gasteiger partial charge in [-0.15, -0.1) is 0 Å². The summed E-state index contributed by atoms with van der Waals surface area (Å²) in [6.45, 7) is 2.76. The summed E-state index contributed by atoms with van der Waals surface area (Å²) >= 11 is 0. The molecule has 0 spiro atoms. The van der Waals surface area contributed by atoms with Crippen LogP contribution in [-0.4, -0.2) is 34.8 Å². The Hall–Kier alpha value is -3.41. The van der Waals surface area contributed by atoms with Crippen LogP contribution in [0.4, 0.5) is 4.39 Å². The Labute approximate surface area is 161 Å². The number of carbonyl (C=O) groups is 2. The van der Waals surface area contributed by atoms with E-state index in [1.807, 2.05) is 31.2 Å². The van der Waals surface area contributed by atoms with Gasteiger partial charge in [0.1, 0.15) is 5.82 Å². The highest BCUT2D eigenvalue weighted by Gasteiger charge is 2.26. The van der Waals surface area contributed by atoms with Gasteiger partial charge < -0.3 is 15.2 Å². The van der Waals surface area contributed by atoms with Crippen LogP contribution in [0.25, 0.3) is 16.5 Å². The van der Waals surface area contributed by atoms with E-state index in [2.05, 4.69) is 10.3 Å². The van der Waals surface area contributed by atoms with Gasteiger partial charge in [0.15, 0.2) is 0 Å². The number of nitrogens with zero attached hydrogens (tertiary/aromatic N) is 1. The number of para-hydroxylation sites is 1. The first kappa shape index (κ1) is 18.0. The van der Waals surface area contributed by atoms with Gasteiger partial charge in [-0.3, -0.25) is 9.59 Å². The molecular weight excluding hydrogens is 357 g/mol. The highest BCUT2D eigenvalue weighted by atomic mass is 19.1. The monoisotopic (exact) mass is 377 g/mol. The Morgan fingerprint density at radius 1 is 1.14 bits per heavy atom.